The number of para-hydroxylation sites is 2. The van der Waals surface area contributed by atoms with Gasteiger partial charge in [0.1, 0.15) is 0 Å². The van der Waals surface area contributed by atoms with Crippen LogP contribution in [-0.4, -0.2) is 11.3 Å². The number of hydrogen-bond donors (Lipinski definition) is 0. The molecular weight excluding hydrogens is 918 g/mol. The highest BCUT2D eigenvalue weighted by Gasteiger charge is 2.45. The molecule has 0 saturated heterocycles. The van der Waals surface area contributed by atoms with E-state index in [0.717, 1.165) is 5.69 Å². The minimum atomic E-state index is -0.0932. The Morgan fingerprint density at radius 1 is 0.329 bits per heavy atom. The summed E-state index contributed by atoms with van der Waals surface area (Å²) in [4.78, 5) is 5.32. The average Bonchev–Trinajstić information content (AvgIpc) is 3.90. The zero-order valence-electron chi connectivity index (χ0n) is 46.4. The van der Waals surface area contributed by atoms with Crippen LogP contribution in [0.4, 0.5) is 34.1 Å². The molecule has 13 rings (SSSR count). The fourth-order valence-corrected chi connectivity index (χ4v) is 12.4. The molecule has 0 spiro atoms. The molecule has 0 aliphatic carbocycles. The van der Waals surface area contributed by atoms with Crippen molar-refractivity contribution in [3.05, 3.63) is 216 Å². The number of fused-ring (bicyclic) bond motifs is 9. The average molecular weight is 986 g/mol. The molecule has 3 nitrogen and oxygen atoms in total. The zero-order valence-corrected chi connectivity index (χ0v) is 46.4. The lowest BCUT2D eigenvalue weighted by molar-refractivity contribution is 0.568. The van der Waals surface area contributed by atoms with Crippen LogP contribution in [0.15, 0.2) is 194 Å². The summed E-state index contributed by atoms with van der Waals surface area (Å²) in [6.07, 6.45) is 0. The molecule has 11 aromatic rings. The SMILES string of the molecule is CC(C)(C)c1cc(N2c3cc4ccccc4cc3B3c4cc5ccccc5cc4N(c4cc(C(C)(C)C)cc(C(C)(C)C)c4)c4cc(-c5cccc6c5c5ccccc5n6-c5ccccc5)cc2c43)cc(C(C)(C)C)c1. The summed E-state index contributed by atoms with van der Waals surface area (Å²) >= 11 is 0. The number of benzene rings is 10. The first kappa shape index (κ1) is 47.9. The molecule has 0 radical (unpaired) electrons. The molecule has 2 aliphatic rings. The molecular formula is C72H68BN3. The molecule has 0 N–H and O–H groups in total. The smallest absolute Gasteiger partial charge is 0.252 e. The lowest BCUT2D eigenvalue weighted by Crippen LogP contribution is -2.61. The van der Waals surface area contributed by atoms with Gasteiger partial charge in [0.2, 0.25) is 0 Å². The molecule has 0 fully saturated rings. The molecule has 0 unspecified atom stereocenters. The number of aromatic nitrogens is 1. The molecule has 0 atom stereocenters. The fraction of sp³-hybridized carbons (Fsp3) is 0.222. The van der Waals surface area contributed by atoms with Crippen molar-refractivity contribution in [2.75, 3.05) is 9.80 Å². The summed E-state index contributed by atoms with van der Waals surface area (Å²) in [7, 11) is 0. The van der Waals surface area contributed by atoms with E-state index in [1.807, 2.05) is 0 Å². The summed E-state index contributed by atoms with van der Waals surface area (Å²) in [6, 6.07) is 74.8. The summed E-state index contributed by atoms with van der Waals surface area (Å²) in [5.41, 5.74) is 22.1. The first-order valence-electron chi connectivity index (χ1n) is 27.4. The van der Waals surface area contributed by atoms with Crippen LogP contribution in [0.2, 0.25) is 0 Å². The van der Waals surface area contributed by atoms with Crippen molar-refractivity contribution in [1.29, 1.82) is 0 Å². The minimum absolute atomic E-state index is 0.0673. The summed E-state index contributed by atoms with van der Waals surface area (Å²) in [6.45, 7) is 28.2. The van der Waals surface area contributed by atoms with Gasteiger partial charge in [0.15, 0.2) is 0 Å². The van der Waals surface area contributed by atoms with Crippen LogP contribution in [0, 0.1) is 0 Å². The normalized spacial score (nSPS) is 13.7. The van der Waals surface area contributed by atoms with Crippen LogP contribution in [0.5, 0.6) is 0 Å². The van der Waals surface area contributed by atoms with E-state index in [-0.39, 0.29) is 28.4 Å². The summed E-state index contributed by atoms with van der Waals surface area (Å²) in [5, 5.41) is 7.46. The molecule has 3 heterocycles. The Kier molecular flexibility index (Phi) is 10.6. The molecule has 76 heavy (non-hydrogen) atoms. The Hall–Kier alpha value is -7.82. The van der Waals surface area contributed by atoms with Gasteiger partial charge in [-0.05, 0) is 166 Å². The highest BCUT2D eigenvalue weighted by Crippen LogP contribution is 2.51. The van der Waals surface area contributed by atoms with Crippen molar-refractivity contribution in [3.8, 4) is 16.8 Å². The molecule has 2 aliphatic heterocycles. The van der Waals surface area contributed by atoms with Crippen LogP contribution >= 0.6 is 0 Å². The Bertz CT molecular complexity index is 3910. The summed E-state index contributed by atoms with van der Waals surface area (Å²) < 4.78 is 2.45. The van der Waals surface area contributed by atoms with Crippen LogP contribution in [0.1, 0.15) is 105 Å². The van der Waals surface area contributed by atoms with Crippen molar-refractivity contribution >= 4 is 101 Å². The first-order chi connectivity index (χ1) is 36.2. The van der Waals surface area contributed by atoms with Crippen molar-refractivity contribution in [2.24, 2.45) is 0 Å². The van der Waals surface area contributed by atoms with Crippen LogP contribution in [-0.2, 0) is 21.7 Å². The number of anilines is 6. The van der Waals surface area contributed by atoms with Crippen molar-refractivity contribution in [1.82, 2.24) is 4.57 Å². The minimum Gasteiger partial charge on any atom is -0.311 e. The van der Waals surface area contributed by atoms with E-state index in [0.29, 0.717) is 0 Å². The first-order valence-corrected chi connectivity index (χ1v) is 27.4. The third kappa shape index (κ3) is 7.69. The van der Waals surface area contributed by atoms with E-state index in [4.69, 9.17) is 0 Å². The van der Waals surface area contributed by atoms with Crippen molar-refractivity contribution in [2.45, 2.75) is 105 Å². The third-order valence-corrected chi connectivity index (χ3v) is 16.6. The van der Waals surface area contributed by atoms with Gasteiger partial charge in [-0.1, -0.05) is 204 Å². The van der Waals surface area contributed by atoms with E-state index >= 15 is 0 Å². The Balaban J connectivity index is 1.23. The van der Waals surface area contributed by atoms with Gasteiger partial charge in [0.25, 0.3) is 6.71 Å². The standard InChI is InChI=1S/C72H68BN3/c1-69(2,3)50-39-51(70(4,5)6)42-55(41-50)75-63-35-47-25-18-16-23-45(47)33-59(63)73-60-34-46-24-17-19-26-48(46)36-64(60)76(56-43-52(71(7,8)9)40-53(44-56)72(10,11)12)66-38-49(37-65(75)68(66)73)57-30-22-32-62-67(57)58-29-20-21-31-61(58)74(62)54-27-14-13-15-28-54/h13-44H,1-12H3. The van der Waals surface area contributed by atoms with E-state index < -0.39 is 0 Å². The quantitative estimate of drug-likeness (QED) is 0.163. The van der Waals surface area contributed by atoms with Gasteiger partial charge in [-0.3, -0.25) is 0 Å². The number of rotatable bonds is 4. The highest BCUT2D eigenvalue weighted by molar-refractivity contribution is 7.00. The predicted molar refractivity (Wildman–Crippen MR) is 330 cm³/mol. The second-order valence-corrected chi connectivity index (χ2v) is 26.0. The molecule has 0 amide bonds. The van der Waals surface area contributed by atoms with Gasteiger partial charge in [-0.15, -0.1) is 0 Å². The number of hydrogen-bond acceptors (Lipinski definition) is 2. The lowest BCUT2D eigenvalue weighted by atomic mass is 9.33. The number of nitrogens with zero attached hydrogens (tertiary/aromatic N) is 3. The van der Waals surface area contributed by atoms with E-state index in [2.05, 4.69) is 292 Å². The Morgan fingerprint density at radius 3 is 1.20 bits per heavy atom. The van der Waals surface area contributed by atoms with Gasteiger partial charge >= 0.3 is 0 Å². The van der Waals surface area contributed by atoms with E-state index in [9.17, 15) is 0 Å². The predicted octanol–water partition coefficient (Wildman–Crippen LogP) is 18.0. The third-order valence-electron chi connectivity index (χ3n) is 16.6. The summed E-state index contributed by atoms with van der Waals surface area (Å²) in [5.74, 6) is 0. The van der Waals surface area contributed by atoms with Gasteiger partial charge in [0.05, 0.1) is 11.0 Å². The maximum Gasteiger partial charge on any atom is 0.252 e. The fourth-order valence-electron chi connectivity index (χ4n) is 12.4. The van der Waals surface area contributed by atoms with Crippen LogP contribution in [0.25, 0.3) is 60.2 Å². The second-order valence-electron chi connectivity index (χ2n) is 26.0. The van der Waals surface area contributed by atoms with Gasteiger partial charge in [-0.25, -0.2) is 0 Å². The molecule has 4 heteroatoms. The maximum atomic E-state index is 2.66. The van der Waals surface area contributed by atoms with Crippen LogP contribution < -0.4 is 26.2 Å². The highest BCUT2D eigenvalue weighted by atomic mass is 15.2. The lowest BCUT2D eigenvalue weighted by Gasteiger charge is -2.45. The molecule has 374 valence electrons. The van der Waals surface area contributed by atoms with Crippen molar-refractivity contribution in [3.63, 3.8) is 0 Å². The van der Waals surface area contributed by atoms with Gasteiger partial charge in [-0.2, -0.15) is 0 Å². The van der Waals surface area contributed by atoms with E-state index in [1.54, 1.807) is 0 Å². The molecule has 1 aromatic heterocycles. The zero-order chi connectivity index (χ0) is 52.8. The van der Waals surface area contributed by atoms with Crippen LogP contribution in [0.3, 0.4) is 0 Å². The largest absolute Gasteiger partial charge is 0.311 e. The molecule has 10 aromatic carbocycles. The van der Waals surface area contributed by atoms with Gasteiger partial charge in [0, 0.05) is 50.6 Å². The topological polar surface area (TPSA) is 11.4 Å². The molecule has 0 saturated carbocycles. The van der Waals surface area contributed by atoms with Crippen molar-refractivity contribution < 1.29 is 0 Å². The Morgan fingerprint density at radius 2 is 0.737 bits per heavy atom. The Labute approximate surface area is 450 Å². The molecule has 0 bridgehead atoms. The monoisotopic (exact) mass is 986 g/mol. The van der Waals surface area contributed by atoms with Gasteiger partial charge < -0.3 is 14.4 Å². The second kappa shape index (κ2) is 16.8. The maximum absolute atomic E-state index is 2.66. The van der Waals surface area contributed by atoms with E-state index in [1.165, 1.54) is 127 Å².